The molecule has 4 heterocycles. The molecule has 0 aromatic heterocycles. The first-order valence-corrected chi connectivity index (χ1v) is 20.8. The van der Waals surface area contributed by atoms with Crippen LogP contribution in [-0.2, 0) is 40.7 Å². The third kappa shape index (κ3) is 6.92. The van der Waals surface area contributed by atoms with Gasteiger partial charge in [-0.3, -0.25) is 33.4 Å². The Bertz CT molecular complexity index is 2590. The number of ether oxygens (including phenoxy) is 1. The summed E-state index contributed by atoms with van der Waals surface area (Å²) in [5.41, 5.74) is 1.37. The number of carbonyl (C=O) groups excluding carboxylic acids is 3. The first kappa shape index (κ1) is 41.7. The van der Waals surface area contributed by atoms with Gasteiger partial charge in [-0.05, 0) is 74.1 Å². The standard InChI is InChI=1S/C39H42N4O10S2.Na/c1-20-38(3,4)26-18-24-30(22-10-12-23(13-11-22)37(46)40-16-8-7-9-17-43-28(44)14-15-29(43)45)25-19-27-32(42-21(2)39(27,5)6)36(55(50,51)52)34(25)53-33(24)35(31(26)41-20)54(47,48)49;/h10-15,18-21,41H,7-9,16-17H2,1-6H3,(H,40,46)(H,47,48,49)(H,50,51,52);/q;+1. The quantitative estimate of drug-likeness (QED) is 0.0761. The molecule has 14 nitrogen and oxygen atoms in total. The second-order valence-corrected chi connectivity index (χ2v) is 18.3. The van der Waals surface area contributed by atoms with E-state index in [2.05, 4.69) is 15.6 Å². The average molecular weight is 814 g/mol. The van der Waals surface area contributed by atoms with Crippen LogP contribution >= 0.6 is 0 Å². The predicted octanol–water partition coefficient (Wildman–Crippen LogP) is 0.753. The Hall–Kier alpha value is -3.90. The van der Waals surface area contributed by atoms with Gasteiger partial charge in [0.15, 0.2) is 21.3 Å². The van der Waals surface area contributed by atoms with E-state index in [0.717, 1.165) is 0 Å². The van der Waals surface area contributed by atoms with Gasteiger partial charge < -0.3 is 15.4 Å². The molecule has 3 aromatic carbocycles. The maximum absolute atomic E-state index is 13.2. The summed E-state index contributed by atoms with van der Waals surface area (Å²) in [6.07, 6.45) is 4.37. The van der Waals surface area contributed by atoms with Gasteiger partial charge in [-0.25, -0.2) is 0 Å². The van der Waals surface area contributed by atoms with Crippen LogP contribution in [0.1, 0.15) is 93.4 Å². The van der Waals surface area contributed by atoms with Crippen LogP contribution in [0.3, 0.4) is 0 Å². The van der Waals surface area contributed by atoms with Gasteiger partial charge in [0.25, 0.3) is 38.0 Å². The summed E-state index contributed by atoms with van der Waals surface area (Å²) in [5.74, 6) is -1.68. The van der Waals surface area contributed by atoms with E-state index >= 15 is 0 Å². The third-order valence-corrected chi connectivity index (χ3v) is 13.4. The number of unbranched alkanes of at least 4 members (excludes halogenated alkanes) is 2. The van der Waals surface area contributed by atoms with E-state index in [-0.39, 0.29) is 86.6 Å². The molecule has 17 heteroatoms. The average Bonchev–Trinajstić information content (AvgIpc) is 3.62. The van der Waals surface area contributed by atoms with Crippen LogP contribution in [0.15, 0.2) is 63.3 Å². The zero-order valence-corrected chi connectivity index (χ0v) is 35.8. The molecule has 0 spiro atoms. The van der Waals surface area contributed by atoms with Crippen molar-refractivity contribution in [2.24, 2.45) is 4.99 Å². The van der Waals surface area contributed by atoms with Gasteiger partial charge in [0, 0.05) is 64.0 Å². The number of benzene rings is 3. The first-order chi connectivity index (χ1) is 25.6. The Labute approximate surface area is 347 Å². The molecule has 2 atom stereocenters. The summed E-state index contributed by atoms with van der Waals surface area (Å²) in [7, 11) is -10.0. The van der Waals surface area contributed by atoms with Crippen molar-refractivity contribution in [1.82, 2.24) is 10.2 Å². The van der Waals surface area contributed by atoms with E-state index in [0.29, 0.717) is 60.2 Å². The summed E-state index contributed by atoms with van der Waals surface area (Å²) >= 11 is 0. The van der Waals surface area contributed by atoms with Gasteiger partial charge in [0.1, 0.15) is 0 Å². The summed E-state index contributed by atoms with van der Waals surface area (Å²) in [5, 5.41) is 6.30. The van der Waals surface area contributed by atoms with Crippen LogP contribution in [0.25, 0.3) is 5.57 Å². The maximum atomic E-state index is 13.2. The van der Waals surface area contributed by atoms with Crippen molar-refractivity contribution in [3.63, 3.8) is 0 Å². The van der Waals surface area contributed by atoms with Crippen LogP contribution in [0, 0.1) is 0 Å². The van der Waals surface area contributed by atoms with Crippen LogP contribution in [-0.4, -0.2) is 73.7 Å². The van der Waals surface area contributed by atoms with E-state index in [1.54, 1.807) is 36.4 Å². The Morgan fingerprint density at radius 2 is 1.50 bits per heavy atom. The number of hydrogen-bond donors (Lipinski definition) is 4. The fourth-order valence-corrected chi connectivity index (χ4v) is 9.29. The fourth-order valence-electron chi connectivity index (χ4n) is 7.68. The molecule has 0 bridgehead atoms. The van der Waals surface area contributed by atoms with Crippen molar-refractivity contribution in [3.05, 3.63) is 86.9 Å². The van der Waals surface area contributed by atoms with Gasteiger partial charge in [0.2, 0.25) is 0 Å². The number of nitrogens with one attached hydrogen (secondary N) is 2. The SMILES string of the molecule is CC1N=c2c(cc3c(c2S(=O)(=O)O)Oc2c(cc4c(c2S(=O)(=O)O)NC(C)C4(C)C)C=3c2ccc(C(=O)NCCCCCN3C(=O)C=CC3=O)cc2)C1(C)C.[Na+]. The molecule has 56 heavy (non-hydrogen) atoms. The molecule has 4 aliphatic heterocycles. The zero-order valence-electron chi connectivity index (χ0n) is 32.2. The zero-order chi connectivity index (χ0) is 40.0. The van der Waals surface area contributed by atoms with Crippen LogP contribution in [0.2, 0.25) is 0 Å². The molecule has 0 saturated carbocycles. The molecular weight excluding hydrogens is 772 g/mol. The molecule has 0 radical (unpaired) electrons. The van der Waals surface area contributed by atoms with Crippen molar-refractivity contribution in [2.75, 3.05) is 18.4 Å². The van der Waals surface area contributed by atoms with E-state index in [1.807, 2.05) is 41.5 Å². The minimum atomic E-state index is -5.03. The molecule has 4 aliphatic rings. The number of rotatable bonds is 10. The number of nitrogens with zero attached hydrogens (tertiary/aromatic N) is 2. The van der Waals surface area contributed by atoms with E-state index < -0.39 is 46.9 Å². The smallest absolute Gasteiger partial charge is 0.453 e. The molecule has 4 N–H and O–H groups in total. The molecule has 3 amide bonds. The number of amides is 3. The minimum Gasteiger partial charge on any atom is -0.453 e. The van der Waals surface area contributed by atoms with E-state index in [1.165, 1.54) is 17.1 Å². The second kappa shape index (κ2) is 14.5. The topological polar surface area (TPSA) is 209 Å². The Morgan fingerprint density at radius 1 is 0.875 bits per heavy atom. The van der Waals surface area contributed by atoms with Gasteiger partial charge in [-0.15, -0.1) is 0 Å². The Kier molecular flexibility index (Phi) is 10.8. The largest absolute Gasteiger partial charge is 1.00 e. The van der Waals surface area contributed by atoms with Crippen molar-refractivity contribution in [1.29, 1.82) is 0 Å². The van der Waals surface area contributed by atoms with Crippen molar-refractivity contribution in [2.45, 2.75) is 93.5 Å². The van der Waals surface area contributed by atoms with Crippen LogP contribution < -0.4 is 55.5 Å². The van der Waals surface area contributed by atoms with Gasteiger partial charge >= 0.3 is 29.6 Å². The van der Waals surface area contributed by atoms with Crippen LogP contribution in [0.4, 0.5) is 5.69 Å². The molecule has 2 unspecified atom stereocenters. The summed E-state index contributed by atoms with van der Waals surface area (Å²) in [4.78, 5) is 41.3. The summed E-state index contributed by atoms with van der Waals surface area (Å²) < 4.78 is 80.7. The fraction of sp³-hybridized carbons (Fsp3) is 0.385. The van der Waals surface area contributed by atoms with Crippen LogP contribution in [0.5, 0.6) is 11.5 Å². The van der Waals surface area contributed by atoms with Gasteiger partial charge in [-0.1, -0.05) is 39.8 Å². The summed E-state index contributed by atoms with van der Waals surface area (Å²) in [6, 6.07) is 9.36. The Morgan fingerprint density at radius 3 is 2.11 bits per heavy atom. The molecule has 0 saturated heterocycles. The molecular formula is C39H42N4NaO10S2+. The summed E-state index contributed by atoms with van der Waals surface area (Å²) in [6.45, 7) is 12.0. The predicted molar refractivity (Wildman–Crippen MR) is 202 cm³/mol. The maximum Gasteiger partial charge on any atom is 1.00 e. The number of carbonyl (C=O) groups is 3. The van der Waals surface area contributed by atoms with Gasteiger partial charge in [-0.2, -0.15) is 16.8 Å². The molecule has 0 fully saturated rings. The number of anilines is 1. The molecule has 7 rings (SSSR count). The van der Waals surface area contributed by atoms with E-state index in [4.69, 9.17) is 4.74 Å². The normalized spacial score (nSPS) is 19.9. The molecule has 3 aromatic rings. The first-order valence-electron chi connectivity index (χ1n) is 18.0. The molecule has 290 valence electrons. The van der Waals surface area contributed by atoms with E-state index in [9.17, 15) is 40.3 Å². The number of imide groups is 1. The second-order valence-electron chi connectivity index (χ2n) is 15.6. The Balaban J connectivity index is 0.00000532. The third-order valence-electron chi connectivity index (χ3n) is 11.6. The van der Waals surface area contributed by atoms with Gasteiger partial charge in [0.05, 0.1) is 17.1 Å². The molecule has 0 aliphatic carbocycles. The number of hydrogen-bond acceptors (Lipinski definition) is 10. The van der Waals surface area contributed by atoms with Crippen molar-refractivity contribution < 1.29 is 74.6 Å². The van der Waals surface area contributed by atoms with Crippen molar-refractivity contribution in [3.8, 4) is 11.5 Å². The van der Waals surface area contributed by atoms with Crippen molar-refractivity contribution >= 4 is 49.2 Å². The minimum absolute atomic E-state index is 0. The monoisotopic (exact) mass is 813 g/mol. The number of fused-ring (bicyclic) bond motifs is 4.